The summed E-state index contributed by atoms with van der Waals surface area (Å²) in [5, 5.41) is 0. The predicted molar refractivity (Wildman–Crippen MR) is 48.1 cm³/mol. The lowest BCUT2D eigenvalue weighted by Gasteiger charge is -2.14. The van der Waals surface area contributed by atoms with Gasteiger partial charge in [0, 0.05) is 5.69 Å². The van der Waals surface area contributed by atoms with Crippen molar-refractivity contribution in [1.29, 1.82) is 0 Å². The third-order valence-electron chi connectivity index (χ3n) is 2.07. The first-order valence-corrected chi connectivity index (χ1v) is 4.40. The van der Waals surface area contributed by atoms with Gasteiger partial charge in [0.15, 0.2) is 0 Å². The zero-order valence-corrected chi connectivity index (χ0v) is 8.37. The maximum atomic E-state index is 12.6. The molecule has 0 bridgehead atoms. The molecule has 1 nitrogen and oxygen atoms in total. The van der Waals surface area contributed by atoms with Crippen molar-refractivity contribution in [2.45, 2.75) is 33.4 Å². The topological polar surface area (TPSA) is 12.9 Å². The molecule has 1 aromatic heterocycles. The van der Waals surface area contributed by atoms with Gasteiger partial charge in [-0.25, -0.2) is 0 Å². The zero-order chi connectivity index (χ0) is 10.9. The minimum atomic E-state index is -4.30. The SMILES string of the molecule is CCc1cc(C)nc(C)c1C(F)(F)F. The molecule has 1 rings (SSSR count). The molecular formula is C10H12F3N. The summed E-state index contributed by atoms with van der Waals surface area (Å²) in [5.74, 6) is 0. The van der Waals surface area contributed by atoms with E-state index in [0.717, 1.165) is 0 Å². The molecule has 0 aromatic carbocycles. The van der Waals surface area contributed by atoms with E-state index in [9.17, 15) is 13.2 Å². The summed E-state index contributed by atoms with van der Waals surface area (Å²) in [6.45, 7) is 4.81. The summed E-state index contributed by atoms with van der Waals surface area (Å²) in [6.07, 6.45) is -3.92. The normalized spacial score (nSPS) is 11.9. The number of aromatic nitrogens is 1. The van der Waals surface area contributed by atoms with Crippen molar-refractivity contribution >= 4 is 0 Å². The van der Waals surface area contributed by atoms with Crippen LogP contribution >= 0.6 is 0 Å². The van der Waals surface area contributed by atoms with Crippen LogP contribution in [0.15, 0.2) is 6.07 Å². The van der Waals surface area contributed by atoms with Gasteiger partial charge in [-0.3, -0.25) is 4.98 Å². The average molecular weight is 203 g/mol. The zero-order valence-electron chi connectivity index (χ0n) is 8.37. The minimum absolute atomic E-state index is 0.0642. The van der Waals surface area contributed by atoms with E-state index < -0.39 is 11.7 Å². The van der Waals surface area contributed by atoms with Gasteiger partial charge < -0.3 is 0 Å². The van der Waals surface area contributed by atoms with Gasteiger partial charge in [-0.15, -0.1) is 0 Å². The van der Waals surface area contributed by atoms with Crippen LogP contribution in [0.2, 0.25) is 0 Å². The van der Waals surface area contributed by atoms with Gasteiger partial charge in [0.2, 0.25) is 0 Å². The Kier molecular flexibility index (Phi) is 2.83. The molecule has 0 aliphatic rings. The maximum Gasteiger partial charge on any atom is 0.418 e. The molecule has 0 amide bonds. The van der Waals surface area contributed by atoms with Gasteiger partial charge in [0.05, 0.1) is 11.3 Å². The van der Waals surface area contributed by atoms with Crippen LogP contribution in [0, 0.1) is 13.8 Å². The van der Waals surface area contributed by atoms with Crippen molar-refractivity contribution < 1.29 is 13.2 Å². The number of nitrogens with zero attached hydrogens (tertiary/aromatic N) is 1. The fourth-order valence-electron chi connectivity index (χ4n) is 1.58. The van der Waals surface area contributed by atoms with Crippen LogP contribution < -0.4 is 0 Å². The number of aryl methyl sites for hydroxylation is 3. The second kappa shape index (κ2) is 3.59. The molecule has 0 saturated heterocycles. The lowest BCUT2D eigenvalue weighted by atomic mass is 10.0. The van der Waals surface area contributed by atoms with Crippen molar-refractivity contribution in [3.05, 3.63) is 28.6 Å². The lowest BCUT2D eigenvalue weighted by molar-refractivity contribution is -0.138. The van der Waals surface area contributed by atoms with E-state index in [2.05, 4.69) is 4.98 Å². The molecule has 0 aliphatic carbocycles. The summed E-state index contributed by atoms with van der Waals surface area (Å²) in [6, 6.07) is 1.50. The van der Waals surface area contributed by atoms with Gasteiger partial charge in [0.1, 0.15) is 0 Å². The molecule has 0 radical (unpaired) electrons. The number of alkyl halides is 3. The van der Waals surface area contributed by atoms with Crippen molar-refractivity contribution in [2.75, 3.05) is 0 Å². The van der Waals surface area contributed by atoms with E-state index in [1.807, 2.05) is 0 Å². The monoisotopic (exact) mass is 203 g/mol. The van der Waals surface area contributed by atoms with E-state index >= 15 is 0 Å². The molecular weight excluding hydrogens is 191 g/mol. The van der Waals surface area contributed by atoms with Gasteiger partial charge >= 0.3 is 6.18 Å². The lowest BCUT2D eigenvalue weighted by Crippen LogP contribution is -2.13. The van der Waals surface area contributed by atoms with Gasteiger partial charge in [-0.05, 0) is 31.9 Å². The van der Waals surface area contributed by atoms with E-state index in [1.165, 1.54) is 13.0 Å². The number of halogens is 3. The fraction of sp³-hybridized carbons (Fsp3) is 0.500. The summed E-state index contributed by atoms with van der Waals surface area (Å²) >= 11 is 0. The van der Waals surface area contributed by atoms with Crippen molar-refractivity contribution in [3.8, 4) is 0 Å². The van der Waals surface area contributed by atoms with Crippen LogP contribution in [-0.4, -0.2) is 4.98 Å². The minimum Gasteiger partial charge on any atom is -0.258 e. The summed E-state index contributed by atoms with van der Waals surface area (Å²) < 4.78 is 37.8. The highest BCUT2D eigenvalue weighted by Crippen LogP contribution is 2.34. The first-order valence-electron chi connectivity index (χ1n) is 4.40. The highest BCUT2D eigenvalue weighted by atomic mass is 19.4. The Morgan fingerprint density at radius 2 is 1.86 bits per heavy atom. The standard InChI is InChI=1S/C10H12F3N/c1-4-8-5-6(2)14-7(3)9(8)10(11,12)13/h5H,4H2,1-3H3. The molecule has 0 N–H and O–H groups in total. The molecule has 78 valence electrons. The smallest absolute Gasteiger partial charge is 0.258 e. The second-order valence-electron chi connectivity index (χ2n) is 3.23. The Morgan fingerprint density at radius 3 is 2.29 bits per heavy atom. The van der Waals surface area contributed by atoms with Gasteiger partial charge in [0.25, 0.3) is 0 Å². The predicted octanol–water partition coefficient (Wildman–Crippen LogP) is 3.28. The van der Waals surface area contributed by atoms with Crippen molar-refractivity contribution in [1.82, 2.24) is 4.98 Å². The first kappa shape index (κ1) is 11.0. The van der Waals surface area contributed by atoms with Gasteiger partial charge in [-0.2, -0.15) is 13.2 Å². The maximum absolute atomic E-state index is 12.6. The van der Waals surface area contributed by atoms with E-state index in [1.54, 1.807) is 13.8 Å². The molecule has 0 aliphatic heterocycles. The highest BCUT2D eigenvalue weighted by Gasteiger charge is 2.35. The molecule has 0 spiro atoms. The summed E-state index contributed by atoms with van der Waals surface area (Å²) in [4.78, 5) is 3.83. The van der Waals surface area contributed by atoms with Gasteiger partial charge in [-0.1, -0.05) is 6.92 Å². The largest absolute Gasteiger partial charge is 0.418 e. The molecule has 4 heteroatoms. The Labute approximate surface area is 81.0 Å². The fourth-order valence-corrected chi connectivity index (χ4v) is 1.58. The van der Waals surface area contributed by atoms with E-state index in [4.69, 9.17) is 0 Å². The Hall–Kier alpha value is -1.06. The van der Waals surface area contributed by atoms with Crippen LogP contribution in [0.3, 0.4) is 0 Å². The number of hydrogen-bond acceptors (Lipinski definition) is 1. The molecule has 0 fully saturated rings. The number of hydrogen-bond donors (Lipinski definition) is 0. The van der Waals surface area contributed by atoms with Crippen LogP contribution in [0.4, 0.5) is 13.2 Å². The number of rotatable bonds is 1. The summed E-state index contributed by atoms with van der Waals surface area (Å²) in [7, 11) is 0. The highest BCUT2D eigenvalue weighted by molar-refractivity contribution is 5.34. The molecule has 0 atom stereocenters. The van der Waals surface area contributed by atoms with Crippen LogP contribution in [0.1, 0.15) is 29.4 Å². The molecule has 0 saturated carbocycles. The Balaban J connectivity index is 3.40. The van der Waals surface area contributed by atoms with Crippen molar-refractivity contribution in [3.63, 3.8) is 0 Å². The third kappa shape index (κ3) is 2.05. The molecule has 1 aromatic rings. The van der Waals surface area contributed by atoms with Crippen LogP contribution in [0.5, 0.6) is 0 Å². The quantitative estimate of drug-likeness (QED) is 0.682. The first-order chi connectivity index (χ1) is 6.36. The Bertz CT molecular complexity index is 342. The molecule has 1 heterocycles. The molecule has 0 unspecified atom stereocenters. The summed E-state index contributed by atoms with van der Waals surface area (Å²) in [5.41, 5.74) is 0.440. The van der Waals surface area contributed by atoms with E-state index in [-0.39, 0.29) is 5.69 Å². The second-order valence-corrected chi connectivity index (χ2v) is 3.23. The Morgan fingerprint density at radius 1 is 1.29 bits per heavy atom. The van der Waals surface area contributed by atoms with Crippen LogP contribution in [0.25, 0.3) is 0 Å². The molecule has 14 heavy (non-hydrogen) atoms. The van der Waals surface area contributed by atoms with Crippen LogP contribution in [-0.2, 0) is 12.6 Å². The third-order valence-corrected chi connectivity index (χ3v) is 2.07. The number of pyridine rings is 1. The average Bonchev–Trinajstić information content (AvgIpc) is 1.99. The van der Waals surface area contributed by atoms with E-state index in [0.29, 0.717) is 17.7 Å². The van der Waals surface area contributed by atoms with Crippen molar-refractivity contribution in [2.24, 2.45) is 0 Å².